The Morgan fingerprint density at radius 3 is 1.80 bits per heavy atom. The minimum atomic E-state index is -2.02. The van der Waals surface area contributed by atoms with Crippen LogP contribution in [0.15, 0.2) is 29.3 Å². The minimum absolute atomic E-state index is 0.0113. The highest BCUT2D eigenvalue weighted by molar-refractivity contribution is 8.00. The first-order valence-corrected chi connectivity index (χ1v) is 30.6. The van der Waals surface area contributed by atoms with Crippen molar-refractivity contribution in [3.63, 3.8) is 0 Å². The molecule has 516 valence electrons. The second-order valence-electron chi connectivity index (χ2n) is 21.7. The van der Waals surface area contributed by atoms with Crippen LogP contribution in [0.1, 0.15) is 84.1 Å². The Morgan fingerprint density at radius 2 is 1.24 bits per heavy atom. The molecule has 0 aromatic heterocycles. The average molecular weight is 1330 g/mol. The number of unbranched alkanes of at least 4 members (excludes halogenated alkanes) is 1. The lowest BCUT2D eigenvalue weighted by Crippen LogP contribution is -2.62. The van der Waals surface area contributed by atoms with Crippen molar-refractivity contribution in [2.24, 2.45) is 28.1 Å². The van der Waals surface area contributed by atoms with Gasteiger partial charge in [-0.1, -0.05) is 26.0 Å². The van der Waals surface area contributed by atoms with Crippen molar-refractivity contribution >= 4 is 94.6 Å². The topological polar surface area (TPSA) is 602 Å². The Bertz CT molecular complexity index is 2690. The maximum Gasteiger partial charge on any atom is 0.327 e. The standard InChI is InChI=1S/C55H89N15O21S/c1-28(2)19-34(49(84)69-38(54(89)90)27-92-41-22-44(78)70(53(41)88)17-5-4-14-60-16-18-91-40(26-73)39(75)25-72)65-47(82)32(7-6-15-61-55(58)59)63-48(83)33(12-13-42(57)76)64-50(85)35(20-30-8-10-31(74)11-9-30)66-51(86)36(21-45(79)80)67-52(87)37(24-71)68-46(81)29(3)62-43(77)23-56/h8-11,28-29,32-41,60,71-75H,4-7,12-27,56H2,1-3H3,(H2,57,76)(H,62,77)(H,63,83)(H,64,85)(H,65,82)(H,66,86)(H,67,87)(H,68,81)(H,69,84)(H,79,80)(H,89,90)(H4,58,59,61)/p+1/t29?,32?,33?,34?,35?,36?,37?,38?,39-,40+,41?/m0/s1. The molecule has 0 aliphatic carbocycles. The number of aromatic hydroxyl groups is 1. The molecular formula is C55H90N15O21S+. The SMILES string of the molecule is CC(C)CC(NC(=O)C(CCCN=C(N)N)NC(=O)C(CCC(N)=O)NC(=O)C(Cc1ccc(O)cc1)NC(=O)C(CC(=O)O)NC(=O)C(CO)NC(=O)C(C)NC(=O)C[NH3+])C(=O)NC(CSC1CC(=O)N(CCCCNCCO[C@H](CO)[C@@H](O)CO)C1=O)C(=O)O. The van der Waals surface area contributed by atoms with Crippen molar-refractivity contribution in [3.05, 3.63) is 29.8 Å². The molecule has 1 aromatic carbocycles. The van der Waals surface area contributed by atoms with E-state index in [2.05, 4.69) is 58.6 Å². The number of quaternary nitrogens is 1. The molecule has 0 radical (unpaired) electrons. The fraction of sp³-hybridized carbons (Fsp3) is 0.636. The number of phenolic OH excluding ortho intramolecular Hbond substituents is 1. The molecule has 0 spiro atoms. The summed E-state index contributed by atoms with van der Waals surface area (Å²) in [6.07, 6.45) is -4.58. The van der Waals surface area contributed by atoms with Crippen molar-refractivity contribution in [1.29, 1.82) is 0 Å². The fourth-order valence-electron chi connectivity index (χ4n) is 8.73. The van der Waals surface area contributed by atoms with Gasteiger partial charge in [0.2, 0.25) is 59.1 Å². The number of primary amides is 1. The summed E-state index contributed by atoms with van der Waals surface area (Å²) in [5.41, 5.74) is 20.1. The van der Waals surface area contributed by atoms with E-state index in [0.29, 0.717) is 25.9 Å². The van der Waals surface area contributed by atoms with Crippen LogP contribution in [0.5, 0.6) is 5.75 Å². The summed E-state index contributed by atoms with van der Waals surface area (Å²) in [5.74, 6) is -14.9. The van der Waals surface area contributed by atoms with Gasteiger partial charge in [0.25, 0.3) is 5.91 Å². The van der Waals surface area contributed by atoms with E-state index < -0.39 is 194 Å². The number of hydrogen-bond donors (Lipinski definition) is 20. The summed E-state index contributed by atoms with van der Waals surface area (Å²) < 4.78 is 5.33. The van der Waals surface area contributed by atoms with Gasteiger partial charge in [0.15, 0.2) is 12.5 Å². The Hall–Kier alpha value is -8.33. The Balaban J connectivity index is 2.37. The zero-order valence-electron chi connectivity index (χ0n) is 51.5. The van der Waals surface area contributed by atoms with Crippen molar-refractivity contribution in [2.45, 2.75) is 151 Å². The third kappa shape index (κ3) is 29.7. The Kier molecular flexibility index (Phi) is 36.4. The molecule has 11 atom stereocenters. The Labute approximate surface area is 533 Å². The molecule has 1 saturated heterocycles. The zero-order valence-corrected chi connectivity index (χ0v) is 52.3. The van der Waals surface area contributed by atoms with Crippen LogP contribution < -0.4 is 70.8 Å². The highest BCUT2D eigenvalue weighted by Gasteiger charge is 2.40. The smallest absolute Gasteiger partial charge is 0.327 e. The van der Waals surface area contributed by atoms with E-state index in [9.17, 15) is 93.0 Å². The number of carbonyl (C=O) groups excluding carboxylic acids is 11. The molecule has 2 rings (SSSR count). The number of imide groups is 1. The number of thioether (sulfide) groups is 1. The van der Waals surface area contributed by atoms with E-state index >= 15 is 0 Å². The van der Waals surface area contributed by atoms with E-state index in [1.807, 2.05) is 0 Å². The second-order valence-corrected chi connectivity index (χ2v) is 23.0. The number of phenols is 1. The van der Waals surface area contributed by atoms with Crippen molar-refractivity contribution in [2.75, 3.05) is 64.9 Å². The highest BCUT2D eigenvalue weighted by Crippen LogP contribution is 2.26. The monoisotopic (exact) mass is 1330 g/mol. The summed E-state index contributed by atoms with van der Waals surface area (Å²) in [6.45, 7) is 3.13. The zero-order chi connectivity index (χ0) is 69.2. The molecule has 11 amide bonds. The summed E-state index contributed by atoms with van der Waals surface area (Å²) in [6, 6.07) is -8.20. The number of nitrogens with zero attached hydrogens (tertiary/aromatic N) is 2. The third-order valence-corrected chi connectivity index (χ3v) is 15.0. The van der Waals surface area contributed by atoms with Crippen molar-refractivity contribution in [3.8, 4) is 5.75 Å². The predicted octanol–water partition coefficient (Wildman–Crippen LogP) is -9.05. The summed E-state index contributed by atoms with van der Waals surface area (Å²) in [5, 5.41) is 88.7. The van der Waals surface area contributed by atoms with Crippen molar-refractivity contribution < 1.29 is 109 Å². The number of aliphatic imine (C=N–C) groups is 1. The number of rotatable bonds is 46. The largest absolute Gasteiger partial charge is 0.508 e. The van der Waals surface area contributed by atoms with Gasteiger partial charge in [-0.25, -0.2) is 4.79 Å². The summed E-state index contributed by atoms with van der Waals surface area (Å²) >= 11 is 0.828. The van der Waals surface area contributed by atoms with Gasteiger partial charge < -0.3 is 111 Å². The Morgan fingerprint density at radius 1 is 0.685 bits per heavy atom. The lowest BCUT2D eigenvalue weighted by molar-refractivity contribution is -0.355. The second kappa shape index (κ2) is 41.9. The normalized spacial score (nSPS) is 16.2. The summed E-state index contributed by atoms with van der Waals surface area (Å²) in [7, 11) is 0. The quantitative estimate of drug-likeness (QED) is 0.0125. The van der Waals surface area contributed by atoms with E-state index in [1.54, 1.807) is 13.8 Å². The number of hydrogen-bond acceptors (Lipinski definition) is 22. The molecule has 1 aliphatic heterocycles. The molecule has 1 heterocycles. The number of carboxylic acid groups (broad SMARTS) is 2. The van der Waals surface area contributed by atoms with Gasteiger partial charge in [-0.15, -0.1) is 11.8 Å². The number of benzene rings is 1. The highest BCUT2D eigenvalue weighted by atomic mass is 32.2. The molecule has 25 N–H and O–H groups in total. The maximum atomic E-state index is 14.4. The molecule has 36 nitrogen and oxygen atoms in total. The van der Waals surface area contributed by atoms with E-state index in [4.69, 9.17) is 27.0 Å². The van der Waals surface area contributed by atoms with Crippen LogP contribution in [0.3, 0.4) is 0 Å². The van der Waals surface area contributed by atoms with Crippen LogP contribution in [0.25, 0.3) is 0 Å². The first-order valence-electron chi connectivity index (χ1n) is 29.5. The molecule has 1 aromatic rings. The van der Waals surface area contributed by atoms with Gasteiger partial charge in [-0.3, -0.25) is 67.4 Å². The lowest BCUT2D eigenvalue weighted by Gasteiger charge is -2.28. The van der Waals surface area contributed by atoms with Gasteiger partial charge in [0.1, 0.15) is 66.3 Å². The molecule has 1 aliphatic rings. The number of likely N-dealkylation sites (tertiary alicyclic amines) is 1. The van der Waals surface area contributed by atoms with Crippen LogP contribution in [0, 0.1) is 5.92 Å². The molecule has 37 heteroatoms. The predicted molar refractivity (Wildman–Crippen MR) is 325 cm³/mol. The maximum absolute atomic E-state index is 14.4. The number of aliphatic hydroxyl groups excluding tert-OH is 4. The van der Waals surface area contributed by atoms with E-state index in [-0.39, 0.29) is 75.1 Å². The molecule has 1 fully saturated rings. The molecule has 0 saturated carbocycles. The van der Waals surface area contributed by atoms with E-state index in [1.165, 1.54) is 31.2 Å². The minimum Gasteiger partial charge on any atom is -0.508 e. The summed E-state index contributed by atoms with van der Waals surface area (Å²) in [4.78, 5) is 177. The molecule has 0 bridgehead atoms. The van der Waals surface area contributed by atoms with Crippen LogP contribution in [0.4, 0.5) is 0 Å². The van der Waals surface area contributed by atoms with Gasteiger partial charge in [-0.05, 0) is 75.6 Å². The fourth-order valence-corrected chi connectivity index (χ4v) is 9.91. The van der Waals surface area contributed by atoms with Gasteiger partial charge in [-0.2, -0.15) is 0 Å². The van der Waals surface area contributed by atoms with Crippen LogP contribution in [-0.4, -0.2) is 254 Å². The molecular weight excluding hydrogens is 1240 g/mol. The first kappa shape index (κ1) is 79.8. The van der Waals surface area contributed by atoms with Gasteiger partial charge in [0, 0.05) is 44.6 Å². The van der Waals surface area contributed by atoms with Gasteiger partial charge >= 0.3 is 11.9 Å². The molecule has 92 heavy (non-hydrogen) atoms. The molecule has 9 unspecified atom stereocenters. The number of amides is 11. The number of aliphatic carboxylic acids is 2. The van der Waals surface area contributed by atoms with E-state index in [0.717, 1.165) is 16.7 Å². The number of nitrogens with two attached hydrogens (primary N) is 3. The van der Waals surface area contributed by atoms with Crippen LogP contribution in [-0.2, 0) is 73.5 Å². The average Bonchev–Trinajstić information content (AvgIpc) is 1.89. The number of carbonyl (C=O) groups is 13. The number of nitrogens with one attached hydrogen (secondary N) is 9. The lowest BCUT2D eigenvalue weighted by atomic mass is 10.0. The van der Waals surface area contributed by atoms with Crippen LogP contribution in [0.2, 0.25) is 0 Å². The van der Waals surface area contributed by atoms with Crippen molar-refractivity contribution in [1.82, 2.24) is 52.8 Å². The van der Waals surface area contributed by atoms with Crippen LogP contribution >= 0.6 is 11.8 Å². The number of aliphatic hydroxyl groups is 4. The number of carboxylic acids is 2. The number of guanidine groups is 1. The van der Waals surface area contributed by atoms with Gasteiger partial charge in [0.05, 0.1) is 38.1 Å². The third-order valence-electron chi connectivity index (χ3n) is 13.7. The first-order chi connectivity index (χ1) is 43.4. The number of ether oxygens (including phenoxy) is 1.